The lowest BCUT2D eigenvalue weighted by Crippen LogP contribution is -2.46. The number of anilines is 3. The summed E-state index contributed by atoms with van der Waals surface area (Å²) in [4.78, 5) is 20.4. The number of nitrogens with zero attached hydrogens (tertiary/aromatic N) is 4. The van der Waals surface area contributed by atoms with E-state index >= 15 is 0 Å². The van der Waals surface area contributed by atoms with Gasteiger partial charge in [0.15, 0.2) is 0 Å². The molecule has 0 aliphatic carbocycles. The van der Waals surface area contributed by atoms with Crippen LogP contribution in [0.25, 0.3) is 10.1 Å². The molecule has 2 aliphatic heterocycles. The molecule has 4 aromatic rings. The summed E-state index contributed by atoms with van der Waals surface area (Å²) in [7, 11) is 0. The number of halogens is 1. The van der Waals surface area contributed by atoms with Gasteiger partial charge in [-0.25, -0.2) is 0 Å². The normalized spacial score (nSPS) is 15.9. The van der Waals surface area contributed by atoms with E-state index in [-0.39, 0.29) is 5.91 Å². The predicted octanol–water partition coefficient (Wildman–Crippen LogP) is 6.71. The summed E-state index contributed by atoms with van der Waals surface area (Å²) in [6.45, 7) is 5.08. The first kappa shape index (κ1) is 24.4. The van der Waals surface area contributed by atoms with E-state index < -0.39 is 0 Å². The molecule has 3 aromatic carbocycles. The zero-order valence-electron chi connectivity index (χ0n) is 20.9. The number of aryl methyl sites for hydroxylation is 2. The maximum Gasteiger partial charge on any atom is 0.231 e. The third-order valence-electron chi connectivity index (χ3n) is 7.58. The van der Waals surface area contributed by atoms with Gasteiger partial charge in [-0.05, 0) is 85.2 Å². The summed E-state index contributed by atoms with van der Waals surface area (Å²) in [5.74, 6) is 1.28. The fraction of sp³-hybridized carbons (Fsp3) is 0.333. The SMILES string of the molecule is O=C(CCCCN1CCN(c2nsc3ccccc23)CC1)N1c2ccccc2CCc2ccc(Cl)cc21. The van der Waals surface area contributed by atoms with E-state index in [0.717, 1.165) is 75.6 Å². The van der Waals surface area contributed by atoms with Gasteiger partial charge >= 0.3 is 0 Å². The van der Waals surface area contributed by atoms with Crippen LogP contribution in [0.3, 0.4) is 0 Å². The highest BCUT2D eigenvalue weighted by atomic mass is 35.5. The number of hydrogen-bond acceptors (Lipinski definition) is 5. The molecule has 7 heteroatoms. The Morgan fingerprint density at radius 2 is 1.62 bits per heavy atom. The predicted molar refractivity (Wildman–Crippen MR) is 155 cm³/mol. The van der Waals surface area contributed by atoms with Gasteiger partial charge in [-0.3, -0.25) is 14.6 Å². The van der Waals surface area contributed by atoms with Crippen molar-refractivity contribution >= 4 is 56.3 Å². The standard InChI is InChI=1S/C30H31ClN4OS/c31-24-15-14-23-13-12-22-7-1-3-9-26(22)35(27(23)21-24)29(36)11-5-6-16-33-17-19-34(20-18-33)30-25-8-2-4-10-28(25)37-32-30/h1-4,7-10,14-15,21H,5-6,11-13,16-20H2. The smallest absolute Gasteiger partial charge is 0.231 e. The minimum Gasteiger partial charge on any atom is -0.353 e. The number of aromatic nitrogens is 1. The monoisotopic (exact) mass is 530 g/mol. The second-order valence-corrected chi connectivity index (χ2v) is 11.2. The zero-order valence-corrected chi connectivity index (χ0v) is 22.5. The van der Waals surface area contributed by atoms with Crippen LogP contribution >= 0.6 is 23.1 Å². The summed E-state index contributed by atoms with van der Waals surface area (Å²) >= 11 is 7.95. The molecule has 0 radical (unpaired) electrons. The number of unbranched alkanes of at least 4 members (excludes halogenated alkanes) is 1. The molecule has 0 saturated carbocycles. The molecule has 1 amide bonds. The lowest BCUT2D eigenvalue weighted by Gasteiger charge is -2.35. The molecule has 0 bridgehead atoms. The number of benzene rings is 3. The van der Waals surface area contributed by atoms with Gasteiger partial charge in [0.2, 0.25) is 5.91 Å². The number of rotatable bonds is 6. The van der Waals surface area contributed by atoms with Gasteiger partial charge in [-0.2, -0.15) is 4.37 Å². The molecule has 2 aliphatic rings. The Morgan fingerprint density at radius 3 is 2.49 bits per heavy atom. The first-order chi connectivity index (χ1) is 18.2. The van der Waals surface area contributed by atoms with Crippen molar-refractivity contribution in [2.45, 2.75) is 32.1 Å². The number of para-hydroxylation sites is 1. The lowest BCUT2D eigenvalue weighted by molar-refractivity contribution is -0.118. The van der Waals surface area contributed by atoms with Gasteiger partial charge in [0, 0.05) is 43.0 Å². The largest absolute Gasteiger partial charge is 0.353 e. The summed E-state index contributed by atoms with van der Waals surface area (Å²) < 4.78 is 5.98. The Balaban J connectivity index is 1.05. The average molecular weight is 531 g/mol. The Bertz CT molecular complexity index is 1410. The Kier molecular flexibility index (Phi) is 7.14. The van der Waals surface area contributed by atoms with Crippen LogP contribution in [-0.2, 0) is 17.6 Å². The maximum absolute atomic E-state index is 13.6. The first-order valence-corrected chi connectivity index (χ1v) is 14.3. The fourth-order valence-corrected chi connectivity index (χ4v) is 6.53. The molecule has 1 aromatic heterocycles. The summed E-state index contributed by atoms with van der Waals surface area (Å²) in [5, 5.41) is 1.93. The molecule has 1 saturated heterocycles. The molecule has 5 nitrogen and oxygen atoms in total. The van der Waals surface area contributed by atoms with Gasteiger partial charge in [0.05, 0.1) is 16.1 Å². The number of fused-ring (bicyclic) bond motifs is 3. The van der Waals surface area contributed by atoms with E-state index in [0.29, 0.717) is 11.4 Å². The minimum absolute atomic E-state index is 0.151. The van der Waals surface area contributed by atoms with Gasteiger partial charge in [-0.15, -0.1) is 0 Å². The van der Waals surface area contributed by atoms with Crippen molar-refractivity contribution in [1.82, 2.24) is 9.27 Å². The fourth-order valence-electron chi connectivity index (χ4n) is 5.57. The Labute approximate surface area is 227 Å². The first-order valence-electron chi connectivity index (χ1n) is 13.2. The van der Waals surface area contributed by atoms with Crippen LogP contribution in [0.5, 0.6) is 0 Å². The molecule has 37 heavy (non-hydrogen) atoms. The topological polar surface area (TPSA) is 39.7 Å². The van der Waals surface area contributed by atoms with Gasteiger partial charge in [0.1, 0.15) is 5.82 Å². The molecule has 0 spiro atoms. The maximum atomic E-state index is 13.6. The third-order valence-corrected chi connectivity index (χ3v) is 8.63. The van der Waals surface area contributed by atoms with E-state index in [4.69, 9.17) is 16.0 Å². The third kappa shape index (κ3) is 5.11. The second-order valence-electron chi connectivity index (χ2n) is 9.92. The van der Waals surface area contributed by atoms with Crippen molar-refractivity contribution in [1.29, 1.82) is 0 Å². The molecular weight excluding hydrogens is 500 g/mol. The summed E-state index contributed by atoms with van der Waals surface area (Å²) in [5.41, 5.74) is 4.33. The highest BCUT2D eigenvalue weighted by Gasteiger charge is 2.26. The number of carbonyl (C=O) groups excluding carboxylic acids is 1. The van der Waals surface area contributed by atoms with Crippen LogP contribution in [0.1, 0.15) is 30.4 Å². The van der Waals surface area contributed by atoms with Gasteiger partial charge < -0.3 is 4.90 Å². The van der Waals surface area contributed by atoms with Crippen molar-refractivity contribution in [3.05, 3.63) is 82.9 Å². The van der Waals surface area contributed by atoms with Crippen molar-refractivity contribution in [3.8, 4) is 0 Å². The molecule has 190 valence electrons. The Hall–Kier alpha value is -2.93. The molecule has 1 fully saturated rings. The van der Waals surface area contributed by atoms with E-state index in [1.165, 1.54) is 21.2 Å². The molecule has 0 atom stereocenters. The summed E-state index contributed by atoms with van der Waals surface area (Å²) in [6, 6.07) is 22.7. The molecule has 0 N–H and O–H groups in total. The Morgan fingerprint density at radius 1 is 0.865 bits per heavy atom. The zero-order chi connectivity index (χ0) is 25.2. The number of piperazine rings is 1. The van der Waals surface area contributed by atoms with Crippen molar-refractivity contribution in [2.75, 3.05) is 42.5 Å². The van der Waals surface area contributed by atoms with Crippen molar-refractivity contribution in [3.63, 3.8) is 0 Å². The molecule has 6 rings (SSSR count). The van der Waals surface area contributed by atoms with E-state index in [1.54, 1.807) is 11.5 Å². The number of carbonyl (C=O) groups is 1. The lowest BCUT2D eigenvalue weighted by atomic mass is 10.0. The van der Waals surface area contributed by atoms with E-state index in [2.05, 4.69) is 58.3 Å². The minimum atomic E-state index is 0.151. The highest BCUT2D eigenvalue weighted by Crippen LogP contribution is 2.38. The van der Waals surface area contributed by atoms with E-state index in [9.17, 15) is 4.79 Å². The quantitative estimate of drug-likeness (QED) is 0.260. The molecular formula is C30H31ClN4OS. The van der Waals surface area contributed by atoms with Crippen molar-refractivity contribution < 1.29 is 4.79 Å². The number of hydrogen-bond donors (Lipinski definition) is 0. The van der Waals surface area contributed by atoms with Crippen LogP contribution < -0.4 is 9.80 Å². The van der Waals surface area contributed by atoms with Crippen LogP contribution in [0.2, 0.25) is 5.02 Å². The van der Waals surface area contributed by atoms with Gasteiger partial charge in [0.25, 0.3) is 0 Å². The second kappa shape index (κ2) is 10.8. The van der Waals surface area contributed by atoms with Crippen LogP contribution in [0.15, 0.2) is 66.7 Å². The highest BCUT2D eigenvalue weighted by molar-refractivity contribution is 7.13. The van der Waals surface area contributed by atoms with Crippen LogP contribution in [0, 0.1) is 0 Å². The average Bonchev–Trinajstić information content (AvgIpc) is 3.29. The van der Waals surface area contributed by atoms with Crippen LogP contribution in [0.4, 0.5) is 17.2 Å². The van der Waals surface area contributed by atoms with E-state index in [1.807, 2.05) is 23.1 Å². The van der Waals surface area contributed by atoms with Gasteiger partial charge in [-0.1, -0.05) is 48.0 Å². The summed E-state index contributed by atoms with van der Waals surface area (Å²) in [6.07, 6.45) is 4.27. The van der Waals surface area contributed by atoms with Crippen LogP contribution in [-0.4, -0.2) is 47.9 Å². The molecule has 3 heterocycles. The number of amides is 1. The van der Waals surface area contributed by atoms with Crippen molar-refractivity contribution in [2.24, 2.45) is 0 Å². The molecule has 0 unspecified atom stereocenters.